The van der Waals surface area contributed by atoms with E-state index in [1.807, 2.05) is 6.07 Å². The van der Waals surface area contributed by atoms with Gasteiger partial charge in [0.2, 0.25) is 0 Å². The van der Waals surface area contributed by atoms with Crippen LogP contribution in [0.15, 0.2) is 24.3 Å². The van der Waals surface area contributed by atoms with Crippen molar-refractivity contribution < 1.29 is 4.74 Å². The third kappa shape index (κ3) is 5.97. The molecule has 0 aliphatic rings. The van der Waals surface area contributed by atoms with Crippen LogP contribution in [-0.2, 0) is 0 Å². The Morgan fingerprint density at radius 2 is 1.88 bits per heavy atom. The number of benzene rings is 1. The molecule has 0 saturated heterocycles. The quantitative estimate of drug-likeness (QED) is 0.469. The Labute approximate surface area is 110 Å². The zero-order chi connectivity index (χ0) is 12.5. The van der Waals surface area contributed by atoms with E-state index in [9.17, 15) is 0 Å². The maximum atomic E-state index is 5.74. The molecule has 0 bridgehead atoms. The van der Waals surface area contributed by atoms with Crippen molar-refractivity contribution in [2.75, 3.05) is 12.5 Å². The van der Waals surface area contributed by atoms with Crippen molar-refractivity contribution in [3.8, 4) is 5.75 Å². The maximum absolute atomic E-state index is 5.74. The minimum Gasteiger partial charge on any atom is -0.494 e. The van der Waals surface area contributed by atoms with Crippen LogP contribution in [0.2, 0.25) is 0 Å². The number of hydrogen-bond donors (Lipinski definition) is 0. The summed E-state index contributed by atoms with van der Waals surface area (Å²) in [5.41, 5.74) is 1.34. The second kappa shape index (κ2) is 8.41. The van der Waals surface area contributed by atoms with Gasteiger partial charge in [0, 0.05) is 5.88 Å². The highest BCUT2D eigenvalue weighted by Crippen LogP contribution is 2.20. The molecule has 0 heterocycles. The van der Waals surface area contributed by atoms with E-state index in [4.69, 9.17) is 16.3 Å². The predicted molar refractivity (Wildman–Crippen MR) is 75.2 cm³/mol. The van der Waals surface area contributed by atoms with Crippen LogP contribution >= 0.6 is 11.6 Å². The lowest BCUT2D eigenvalue weighted by Gasteiger charge is -2.09. The van der Waals surface area contributed by atoms with Gasteiger partial charge in [-0.2, -0.15) is 0 Å². The average Bonchev–Trinajstić information content (AvgIpc) is 2.34. The zero-order valence-corrected chi connectivity index (χ0v) is 11.7. The third-order valence-electron chi connectivity index (χ3n) is 2.82. The average molecular weight is 255 g/mol. The Morgan fingerprint density at radius 3 is 2.59 bits per heavy atom. The molecule has 0 radical (unpaired) electrons. The molecule has 0 saturated carbocycles. The number of halogens is 1. The van der Waals surface area contributed by atoms with Gasteiger partial charge >= 0.3 is 0 Å². The van der Waals surface area contributed by atoms with Gasteiger partial charge in [-0.05, 0) is 36.5 Å². The van der Waals surface area contributed by atoms with Crippen LogP contribution in [0.25, 0.3) is 0 Å². The SMILES string of the molecule is CC(C)c1cccc(OCCCCCCCl)c1. The first-order chi connectivity index (χ1) is 8.24. The molecule has 0 N–H and O–H groups in total. The molecule has 96 valence electrons. The molecule has 0 unspecified atom stereocenters. The standard InChI is InChI=1S/C15H23ClO/c1-13(2)14-8-7-9-15(12-14)17-11-6-4-3-5-10-16/h7-9,12-13H,3-6,10-11H2,1-2H3. The summed E-state index contributed by atoms with van der Waals surface area (Å²) in [6, 6.07) is 8.39. The fourth-order valence-corrected chi connectivity index (χ4v) is 1.89. The molecule has 1 rings (SSSR count). The molecule has 0 spiro atoms. The van der Waals surface area contributed by atoms with Crippen molar-refractivity contribution in [1.29, 1.82) is 0 Å². The van der Waals surface area contributed by atoms with Crippen LogP contribution in [-0.4, -0.2) is 12.5 Å². The summed E-state index contributed by atoms with van der Waals surface area (Å²) in [6.07, 6.45) is 4.64. The van der Waals surface area contributed by atoms with Crippen LogP contribution in [0.3, 0.4) is 0 Å². The molecule has 2 heteroatoms. The summed E-state index contributed by atoms with van der Waals surface area (Å²) < 4.78 is 5.74. The largest absolute Gasteiger partial charge is 0.494 e. The molecular weight excluding hydrogens is 232 g/mol. The van der Waals surface area contributed by atoms with Crippen LogP contribution in [0, 0.1) is 0 Å². The van der Waals surface area contributed by atoms with Gasteiger partial charge in [-0.15, -0.1) is 11.6 Å². The fourth-order valence-electron chi connectivity index (χ4n) is 1.70. The summed E-state index contributed by atoms with van der Waals surface area (Å²) in [7, 11) is 0. The van der Waals surface area contributed by atoms with Crippen LogP contribution in [0.5, 0.6) is 5.75 Å². The Bertz CT molecular complexity index is 310. The third-order valence-corrected chi connectivity index (χ3v) is 3.09. The second-order valence-electron chi connectivity index (χ2n) is 4.68. The summed E-state index contributed by atoms with van der Waals surface area (Å²) in [5, 5.41) is 0. The highest BCUT2D eigenvalue weighted by molar-refractivity contribution is 6.17. The van der Waals surface area contributed by atoms with E-state index >= 15 is 0 Å². The van der Waals surface area contributed by atoms with Gasteiger partial charge in [0.1, 0.15) is 5.75 Å². The van der Waals surface area contributed by atoms with E-state index in [0.717, 1.165) is 31.1 Å². The Hall–Kier alpha value is -0.690. The van der Waals surface area contributed by atoms with Gasteiger partial charge in [0.05, 0.1) is 6.61 Å². The molecule has 0 aliphatic carbocycles. The van der Waals surface area contributed by atoms with E-state index in [2.05, 4.69) is 32.0 Å². The maximum Gasteiger partial charge on any atom is 0.119 e. The lowest BCUT2D eigenvalue weighted by atomic mass is 10.0. The highest BCUT2D eigenvalue weighted by atomic mass is 35.5. The molecule has 0 atom stereocenters. The predicted octanol–water partition coefficient (Wildman–Crippen LogP) is 4.99. The molecule has 17 heavy (non-hydrogen) atoms. The summed E-state index contributed by atoms with van der Waals surface area (Å²) in [6.45, 7) is 5.21. The van der Waals surface area contributed by atoms with E-state index in [0.29, 0.717) is 5.92 Å². The van der Waals surface area contributed by atoms with Gasteiger partial charge in [-0.3, -0.25) is 0 Å². The van der Waals surface area contributed by atoms with Gasteiger partial charge in [-0.1, -0.05) is 38.8 Å². The second-order valence-corrected chi connectivity index (χ2v) is 5.06. The lowest BCUT2D eigenvalue weighted by Crippen LogP contribution is -1.98. The molecule has 0 aromatic heterocycles. The van der Waals surface area contributed by atoms with E-state index in [1.165, 1.54) is 18.4 Å². The monoisotopic (exact) mass is 254 g/mol. The molecule has 0 amide bonds. The van der Waals surface area contributed by atoms with Crippen molar-refractivity contribution in [2.45, 2.75) is 45.4 Å². The van der Waals surface area contributed by atoms with E-state index in [1.54, 1.807) is 0 Å². The first kappa shape index (κ1) is 14.4. The molecule has 1 aromatic rings. The summed E-state index contributed by atoms with van der Waals surface area (Å²) in [4.78, 5) is 0. The first-order valence-electron chi connectivity index (χ1n) is 6.52. The van der Waals surface area contributed by atoms with Crippen LogP contribution < -0.4 is 4.74 Å². The number of unbranched alkanes of at least 4 members (excludes halogenated alkanes) is 3. The minimum absolute atomic E-state index is 0.558. The van der Waals surface area contributed by atoms with Gasteiger partial charge < -0.3 is 4.74 Å². The fraction of sp³-hybridized carbons (Fsp3) is 0.600. The van der Waals surface area contributed by atoms with E-state index < -0.39 is 0 Å². The number of rotatable bonds is 8. The summed E-state index contributed by atoms with van der Waals surface area (Å²) in [5.74, 6) is 2.33. The van der Waals surface area contributed by atoms with Crippen molar-refractivity contribution in [1.82, 2.24) is 0 Å². The zero-order valence-electron chi connectivity index (χ0n) is 10.9. The topological polar surface area (TPSA) is 9.23 Å². The Balaban J connectivity index is 2.24. The smallest absolute Gasteiger partial charge is 0.119 e. The van der Waals surface area contributed by atoms with E-state index in [-0.39, 0.29) is 0 Å². The van der Waals surface area contributed by atoms with Crippen molar-refractivity contribution >= 4 is 11.6 Å². The van der Waals surface area contributed by atoms with Gasteiger partial charge in [0.25, 0.3) is 0 Å². The Morgan fingerprint density at radius 1 is 1.12 bits per heavy atom. The van der Waals surface area contributed by atoms with Crippen LogP contribution in [0.1, 0.15) is 51.0 Å². The molecule has 0 fully saturated rings. The number of ether oxygens (including phenoxy) is 1. The van der Waals surface area contributed by atoms with Gasteiger partial charge in [-0.25, -0.2) is 0 Å². The van der Waals surface area contributed by atoms with Crippen molar-refractivity contribution in [3.05, 3.63) is 29.8 Å². The molecule has 0 aliphatic heterocycles. The molecule has 1 nitrogen and oxygen atoms in total. The number of hydrogen-bond acceptors (Lipinski definition) is 1. The number of alkyl halides is 1. The van der Waals surface area contributed by atoms with Gasteiger partial charge in [0.15, 0.2) is 0 Å². The highest BCUT2D eigenvalue weighted by Gasteiger charge is 2.00. The molecule has 1 aromatic carbocycles. The lowest BCUT2D eigenvalue weighted by molar-refractivity contribution is 0.304. The molecular formula is C15H23ClO. The first-order valence-corrected chi connectivity index (χ1v) is 7.06. The van der Waals surface area contributed by atoms with Crippen LogP contribution in [0.4, 0.5) is 0 Å². The Kier molecular flexibility index (Phi) is 7.11. The minimum atomic E-state index is 0.558. The normalized spacial score (nSPS) is 10.8. The summed E-state index contributed by atoms with van der Waals surface area (Å²) >= 11 is 5.63. The van der Waals surface area contributed by atoms with Crippen molar-refractivity contribution in [2.24, 2.45) is 0 Å². The van der Waals surface area contributed by atoms with Crippen molar-refractivity contribution in [3.63, 3.8) is 0 Å².